The number of likely N-dealkylation sites (tertiary alicyclic amines) is 1. The highest BCUT2D eigenvalue weighted by Crippen LogP contribution is 2.16. The third kappa shape index (κ3) is 4.48. The molecule has 3 rings (SSSR count). The minimum absolute atomic E-state index is 0.740. The van der Waals surface area contributed by atoms with Gasteiger partial charge in [0, 0.05) is 51.5 Å². The number of rotatable bonds is 6. The summed E-state index contributed by atoms with van der Waals surface area (Å²) in [6.45, 7) is 9.50. The molecule has 5 heteroatoms. The lowest BCUT2D eigenvalue weighted by Gasteiger charge is -2.32. The van der Waals surface area contributed by atoms with E-state index in [1.807, 2.05) is 18.3 Å². The quantitative estimate of drug-likeness (QED) is 0.776. The molecule has 1 atom stereocenters. The van der Waals surface area contributed by atoms with Crippen LogP contribution >= 0.6 is 0 Å². The Morgan fingerprint density at radius 2 is 2.14 bits per heavy atom. The largest absolute Gasteiger partial charge is 0.379 e. The highest BCUT2D eigenvalue weighted by atomic mass is 16.5. The van der Waals surface area contributed by atoms with Crippen molar-refractivity contribution >= 4 is 0 Å². The van der Waals surface area contributed by atoms with Crippen LogP contribution in [0.1, 0.15) is 12.1 Å². The predicted octanol–water partition coefficient (Wildman–Crippen LogP) is 0.578. The molecular formula is C16H26N4O. The Morgan fingerprint density at radius 1 is 1.24 bits per heavy atom. The van der Waals surface area contributed by atoms with E-state index in [4.69, 9.17) is 4.74 Å². The Morgan fingerprint density at radius 3 is 2.95 bits per heavy atom. The van der Waals surface area contributed by atoms with Crippen LogP contribution in [0.25, 0.3) is 0 Å². The lowest BCUT2D eigenvalue weighted by molar-refractivity contribution is 0.0185. The lowest BCUT2D eigenvalue weighted by Crippen LogP contribution is -2.45. The van der Waals surface area contributed by atoms with Crippen molar-refractivity contribution in [3.8, 4) is 0 Å². The molecule has 2 fully saturated rings. The molecule has 1 aromatic rings. The van der Waals surface area contributed by atoms with Crippen LogP contribution in [0.5, 0.6) is 0 Å². The summed E-state index contributed by atoms with van der Waals surface area (Å²) in [6, 6.07) is 6.80. The standard InChI is InChI=1S/C16H26N4O/c1-2-5-18-15(3-1)13-17-6-8-19-7-4-16(14-19)20-9-11-21-12-10-20/h1-3,5,16-17H,4,6-14H2. The molecule has 1 aromatic heterocycles. The highest BCUT2D eigenvalue weighted by molar-refractivity contribution is 5.02. The first-order valence-corrected chi connectivity index (χ1v) is 8.06. The molecule has 5 nitrogen and oxygen atoms in total. The molecule has 0 saturated carbocycles. The fraction of sp³-hybridized carbons (Fsp3) is 0.688. The van der Waals surface area contributed by atoms with Gasteiger partial charge in [-0.3, -0.25) is 9.88 Å². The van der Waals surface area contributed by atoms with Crippen molar-refractivity contribution in [1.82, 2.24) is 20.1 Å². The van der Waals surface area contributed by atoms with Gasteiger partial charge in [-0.05, 0) is 25.1 Å². The van der Waals surface area contributed by atoms with Crippen molar-refractivity contribution in [2.24, 2.45) is 0 Å². The SMILES string of the molecule is c1ccc(CNCCN2CCC(N3CCOCC3)C2)nc1. The Balaban J connectivity index is 1.31. The summed E-state index contributed by atoms with van der Waals surface area (Å²) in [6.07, 6.45) is 3.16. The Bertz CT molecular complexity index is 408. The Labute approximate surface area is 127 Å². The van der Waals surface area contributed by atoms with Gasteiger partial charge in [0.25, 0.3) is 0 Å². The summed E-state index contributed by atoms with van der Waals surface area (Å²) < 4.78 is 5.44. The van der Waals surface area contributed by atoms with Crippen LogP contribution in [0.15, 0.2) is 24.4 Å². The minimum Gasteiger partial charge on any atom is -0.379 e. The summed E-state index contributed by atoms with van der Waals surface area (Å²) in [5.41, 5.74) is 1.12. The summed E-state index contributed by atoms with van der Waals surface area (Å²) in [7, 11) is 0. The number of pyridine rings is 1. The second-order valence-electron chi connectivity index (χ2n) is 5.89. The molecule has 2 aliphatic heterocycles. The van der Waals surface area contributed by atoms with Gasteiger partial charge in [0.15, 0.2) is 0 Å². The molecule has 0 aliphatic carbocycles. The first-order chi connectivity index (χ1) is 10.4. The molecule has 0 radical (unpaired) electrons. The second kappa shape index (κ2) is 7.84. The van der Waals surface area contributed by atoms with Gasteiger partial charge in [0.2, 0.25) is 0 Å². The molecule has 21 heavy (non-hydrogen) atoms. The van der Waals surface area contributed by atoms with Crippen LogP contribution < -0.4 is 5.32 Å². The van der Waals surface area contributed by atoms with Crippen molar-refractivity contribution in [2.75, 3.05) is 52.5 Å². The Hall–Kier alpha value is -1.01. The smallest absolute Gasteiger partial charge is 0.0594 e. The zero-order valence-corrected chi connectivity index (χ0v) is 12.7. The van der Waals surface area contributed by atoms with E-state index in [-0.39, 0.29) is 0 Å². The van der Waals surface area contributed by atoms with Crippen molar-refractivity contribution in [2.45, 2.75) is 19.0 Å². The fourth-order valence-corrected chi connectivity index (χ4v) is 3.21. The molecule has 1 N–H and O–H groups in total. The third-order valence-corrected chi connectivity index (χ3v) is 4.45. The van der Waals surface area contributed by atoms with Crippen LogP contribution in [0.2, 0.25) is 0 Å². The number of hydrogen-bond donors (Lipinski definition) is 1. The van der Waals surface area contributed by atoms with E-state index < -0.39 is 0 Å². The molecule has 0 aromatic carbocycles. The van der Waals surface area contributed by atoms with Gasteiger partial charge in [0.1, 0.15) is 0 Å². The lowest BCUT2D eigenvalue weighted by atomic mass is 10.2. The summed E-state index contributed by atoms with van der Waals surface area (Å²) in [5, 5.41) is 3.49. The van der Waals surface area contributed by atoms with Gasteiger partial charge in [0.05, 0.1) is 18.9 Å². The summed E-state index contributed by atoms with van der Waals surface area (Å²) >= 11 is 0. The average molecular weight is 290 g/mol. The molecule has 2 aliphatic rings. The molecule has 116 valence electrons. The van der Waals surface area contributed by atoms with Crippen molar-refractivity contribution in [3.63, 3.8) is 0 Å². The van der Waals surface area contributed by atoms with E-state index in [0.717, 1.165) is 57.7 Å². The van der Waals surface area contributed by atoms with Crippen LogP contribution in [0, 0.1) is 0 Å². The van der Waals surface area contributed by atoms with Gasteiger partial charge >= 0.3 is 0 Å². The molecule has 0 bridgehead atoms. The highest BCUT2D eigenvalue weighted by Gasteiger charge is 2.28. The maximum Gasteiger partial charge on any atom is 0.0594 e. The molecule has 0 spiro atoms. The predicted molar refractivity (Wildman–Crippen MR) is 83.2 cm³/mol. The van der Waals surface area contributed by atoms with Gasteiger partial charge < -0.3 is 15.0 Å². The maximum atomic E-state index is 5.44. The number of nitrogens with one attached hydrogen (secondary N) is 1. The first-order valence-electron chi connectivity index (χ1n) is 8.06. The van der Waals surface area contributed by atoms with Crippen molar-refractivity contribution < 1.29 is 4.74 Å². The van der Waals surface area contributed by atoms with Crippen LogP contribution in [0.3, 0.4) is 0 Å². The number of morpholine rings is 1. The molecule has 2 saturated heterocycles. The molecule has 3 heterocycles. The normalized spacial score (nSPS) is 24.5. The minimum atomic E-state index is 0.740. The second-order valence-corrected chi connectivity index (χ2v) is 5.89. The monoisotopic (exact) mass is 290 g/mol. The summed E-state index contributed by atoms with van der Waals surface area (Å²) in [4.78, 5) is 9.50. The van der Waals surface area contributed by atoms with E-state index in [0.29, 0.717) is 0 Å². The van der Waals surface area contributed by atoms with Crippen LogP contribution in [-0.4, -0.2) is 73.3 Å². The van der Waals surface area contributed by atoms with E-state index in [2.05, 4.69) is 26.2 Å². The molecule has 0 amide bonds. The fourth-order valence-electron chi connectivity index (χ4n) is 3.21. The zero-order valence-electron chi connectivity index (χ0n) is 12.7. The van der Waals surface area contributed by atoms with Crippen LogP contribution in [0.4, 0.5) is 0 Å². The molecule has 1 unspecified atom stereocenters. The average Bonchev–Trinajstić information content (AvgIpc) is 3.02. The zero-order chi connectivity index (χ0) is 14.3. The van der Waals surface area contributed by atoms with E-state index in [9.17, 15) is 0 Å². The first kappa shape index (κ1) is 14.9. The van der Waals surface area contributed by atoms with Gasteiger partial charge in [-0.1, -0.05) is 6.07 Å². The molecular weight excluding hydrogens is 264 g/mol. The van der Waals surface area contributed by atoms with Gasteiger partial charge in [-0.15, -0.1) is 0 Å². The van der Waals surface area contributed by atoms with Crippen LogP contribution in [-0.2, 0) is 11.3 Å². The van der Waals surface area contributed by atoms with Crippen molar-refractivity contribution in [1.29, 1.82) is 0 Å². The number of ether oxygens (including phenoxy) is 1. The number of nitrogens with zero attached hydrogens (tertiary/aromatic N) is 3. The van der Waals surface area contributed by atoms with E-state index in [1.165, 1.54) is 19.5 Å². The third-order valence-electron chi connectivity index (χ3n) is 4.45. The van der Waals surface area contributed by atoms with Gasteiger partial charge in [-0.25, -0.2) is 0 Å². The van der Waals surface area contributed by atoms with Crippen molar-refractivity contribution in [3.05, 3.63) is 30.1 Å². The number of hydrogen-bond acceptors (Lipinski definition) is 5. The van der Waals surface area contributed by atoms with Gasteiger partial charge in [-0.2, -0.15) is 0 Å². The summed E-state index contributed by atoms with van der Waals surface area (Å²) in [5.74, 6) is 0. The maximum absolute atomic E-state index is 5.44. The van der Waals surface area contributed by atoms with E-state index in [1.54, 1.807) is 0 Å². The Kier molecular flexibility index (Phi) is 5.57. The number of aromatic nitrogens is 1. The van der Waals surface area contributed by atoms with E-state index >= 15 is 0 Å². The topological polar surface area (TPSA) is 40.6 Å².